The van der Waals surface area contributed by atoms with Crippen LogP contribution in [-0.2, 0) is 0 Å². The number of rotatable bonds is 5. The standard InChI is InChI=1S/C17H13N7O/c18-11-14(15(25)12-7-3-1-4-8-12)21-22-17-20-16(19)24(23-17)13-9-5-2-6-10-13/h1-10H,(H3,19,20,22,23)/b21-14+. The molecule has 8 nitrogen and oxygen atoms in total. The van der Waals surface area contributed by atoms with Crippen LogP contribution in [0.3, 0.4) is 0 Å². The van der Waals surface area contributed by atoms with Crippen LogP contribution in [-0.4, -0.2) is 26.3 Å². The third kappa shape index (κ3) is 3.51. The lowest BCUT2D eigenvalue weighted by Gasteiger charge is -2.00. The van der Waals surface area contributed by atoms with Crippen molar-refractivity contribution in [3.63, 3.8) is 0 Å². The van der Waals surface area contributed by atoms with Gasteiger partial charge in [-0.25, -0.2) is 5.43 Å². The number of para-hydroxylation sites is 1. The third-order valence-corrected chi connectivity index (χ3v) is 3.26. The largest absolute Gasteiger partial charge is 0.368 e. The number of carbonyl (C=O) groups is 1. The van der Waals surface area contributed by atoms with Gasteiger partial charge in [-0.2, -0.15) is 20.0 Å². The summed E-state index contributed by atoms with van der Waals surface area (Å²) in [6.45, 7) is 0. The van der Waals surface area contributed by atoms with Crippen molar-refractivity contribution in [2.75, 3.05) is 11.2 Å². The van der Waals surface area contributed by atoms with Crippen molar-refractivity contribution in [1.29, 1.82) is 5.26 Å². The SMILES string of the molecule is N#C/C(=N\Nc1nc(N)n(-c2ccccc2)n1)C(=O)c1ccccc1. The molecule has 8 heteroatoms. The Morgan fingerprint density at radius 3 is 2.40 bits per heavy atom. The number of Topliss-reactive ketones (excluding diaryl/α,β-unsaturated/α-hetero) is 1. The fourth-order valence-electron chi connectivity index (χ4n) is 2.09. The number of hydrazone groups is 1. The lowest BCUT2D eigenvalue weighted by atomic mass is 10.1. The van der Waals surface area contributed by atoms with Crippen LogP contribution in [0.2, 0.25) is 0 Å². The highest BCUT2D eigenvalue weighted by atomic mass is 16.1. The molecule has 0 fully saturated rings. The molecule has 0 aliphatic heterocycles. The highest BCUT2D eigenvalue weighted by Gasteiger charge is 2.14. The van der Waals surface area contributed by atoms with Crippen LogP contribution in [0.4, 0.5) is 11.9 Å². The number of nitriles is 1. The number of nitrogens with zero attached hydrogens (tertiary/aromatic N) is 5. The minimum Gasteiger partial charge on any atom is -0.368 e. The van der Waals surface area contributed by atoms with Crippen LogP contribution >= 0.6 is 0 Å². The highest BCUT2D eigenvalue weighted by Crippen LogP contribution is 2.13. The van der Waals surface area contributed by atoms with E-state index in [-0.39, 0.29) is 17.6 Å². The molecule has 1 heterocycles. The number of carbonyl (C=O) groups excluding carboxylic acids is 1. The number of ketones is 1. The van der Waals surface area contributed by atoms with Gasteiger partial charge in [0, 0.05) is 5.56 Å². The van der Waals surface area contributed by atoms with Gasteiger partial charge < -0.3 is 5.73 Å². The Labute approximate surface area is 143 Å². The summed E-state index contributed by atoms with van der Waals surface area (Å²) >= 11 is 0. The van der Waals surface area contributed by atoms with E-state index in [4.69, 9.17) is 11.0 Å². The Morgan fingerprint density at radius 1 is 1.12 bits per heavy atom. The Kier molecular flexibility index (Phi) is 4.49. The minimum absolute atomic E-state index is 0.0787. The second-order valence-corrected chi connectivity index (χ2v) is 4.92. The van der Waals surface area contributed by atoms with Crippen molar-refractivity contribution in [2.24, 2.45) is 5.10 Å². The van der Waals surface area contributed by atoms with Crippen LogP contribution in [0, 0.1) is 11.3 Å². The lowest BCUT2D eigenvalue weighted by molar-refractivity contribution is 0.106. The summed E-state index contributed by atoms with van der Waals surface area (Å²) < 4.78 is 1.42. The van der Waals surface area contributed by atoms with Crippen LogP contribution < -0.4 is 11.2 Å². The Bertz CT molecular complexity index is 956. The van der Waals surface area contributed by atoms with Gasteiger partial charge in [0.2, 0.25) is 17.4 Å². The normalized spacial score (nSPS) is 10.9. The summed E-state index contributed by atoms with van der Waals surface area (Å²) in [7, 11) is 0. The molecule has 2 aromatic carbocycles. The zero-order chi connectivity index (χ0) is 17.6. The summed E-state index contributed by atoms with van der Waals surface area (Å²) in [6.07, 6.45) is 0. The second-order valence-electron chi connectivity index (χ2n) is 4.92. The van der Waals surface area contributed by atoms with E-state index < -0.39 is 5.78 Å². The van der Waals surface area contributed by atoms with E-state index >= 15 is 0 Å². The number of nitrogens with one attached hydrogen (secondary N) is 1. The summed E-state index contributed by atoms with van der Waals surface area (Å²) in [5.41, 5.74) is 9.12. The Hall–Kier alpha value is -3.99. The van der Waals surface area contributed by atoms with Crippen molar-refractivity contribution in [3.8, 4) is 11.8 Å². The number of anilines is 2. The van der Waals surface area contributed by atoms with E-state index in [1.807, 2.05) is 30.3 Å². The Balaban J connectivity index is 1.81. The van der Waals surface area contributed by atoms with Crippen LogP contribution in [0.5, 0.6) is 0 Å². The molecule has 0 radical (unpaired) electrons. The molecule has 1 aromatic heterocycles. The predicted molar refractivity (Wildman–Crippen MR) is 93.2 cm³/mol. The zero-order valence-corrected chi connectivity index (χ0v) is 13.0. The van der Waals surface area contributed by atoms with E-state index in [1.54, 1.807) is 36.4 Å². The molecule has 0 bridgehead atoms. The van der Waals surface area contributed by atoms with Gasteiger partial charge in [0.05, 0.1) is 5.69 Å². The number of nitrogen functional groups attached to an aromatic ring is 1. The molecule has 0 spiro atoms. The van der Waals surface area contributed by atoms with Crippen LogP contribution in [0.15, 0.2) is 65.8 Å². The maximum atomic E-state index is 12.2. The van der Waals surface area contributed by atoms with Crippen molar-refractivity contribution in [1.82, 2.24) is 14.8 Å². The molecule has 0 amide bonds. The number of hydrogen-bond acceptors (Lipinski definition) is 7. The lowest BCUT2D eigenvalue weighted by Crippen LogP contribution is -2.14. The van der Waals surface area contributed by atoms with Crippen LogP contribution in [0.25, 0.3) is 5.69 Å². The molecule has 25 heavy (non-hydrogen) atoms. The molecule has 3 rings (SSSR count). The number of aromatic nitrogens is 3. The summed E-state index contributed by atoms with van der Waals surface area (Å²) in [5.74, 6) is -0.266. The number of nitrogens with two attached hydrogens (primary N) is 1. The van der Waals surface area contributed by atoms with E-state index in [9.17, 15) is 4.79 Å². The Morgan fingerprint density at radius 2 is 1.76 bits per heavy atom. The van der Waals surface area contributed by atoms with Crippen molar-refractivity contribution in [2.45, 2.75) is 0 Å². The molecule has 0 saturated heterocycles. The summed E-state index contributed by atoms with van der Waals surface area (Å²) in [6, 6.07) is 19.4. The van der Waals surface area contributed by atoms with Gasteiger partial charge in [-0.1, -0.05) is 48.5 Å². The molecule has 0 aliphatic carbocycles. The summed E-state index contributed by atoms with van der Waals surface area (Å²) in [5, 5.41) is 17.1. The van der Waals surface area contributed by atoms with Crippen molar-refractivity contribution in [3.05, 3.63) is 66.2 Å². The first-order valence-electron chi connectivity index (χ1n) is 7.30. The molecule has 0 aliphatic rings. The van der Waals surface area contributed by atoms with Crippen molar-refractivity contribution >= 4 is 23.4 Å². The van der Waals surface area contributed by atoms with Gasteiger partial charge in [0.15, 0.2) is 0 Å². The first-order valence-corrected chi connectivity index (χ1v) is 7.30. The fourth-order valence-corrected chi connectivity index (χ4v) is 2.09. The van der Waals surface area contributed by atoms with Crippen molar-refractivity contribution < 1.29 is 4.79 Å². The smallest absolute Gasteiger partial charge is 0.264 e. The number of hydrogen-bond donors (Lipinski definition) is 2. The second kappa shape index (κ2) is 7.06. The van der Waals surface area contributed by atoms with Gasteiger partial charge in [-0.05, 0) is 12.1 Å². The number of benzene rings is 2. The highest BCUT2D eigenvalue weighted by molar-refractivity contribution is 6.51. The first-order chi connectivity index (χ1) is 12.2. The van der Waals surface area contributed by atoms with Gasteiger partial charge in [-0.3, -0.25) is 4.79 Å². The topological polar surface area (TPSA) is 122 Å². The van der Waals surface area contributed by atoms with Crippen LogP contribution in [0.1, 0.15) is 10.4 Å². The average Bonchev–Trinajstić information content (AvgIpc) is 3.04. The van der Waals surface area contributed by atoms with Gasteiger partial charge in [-0.15, -0.1) is 5.10 Å². The monoisotopic (exact) mass is 331 g/mol. The maximum Gasteiger partial charge on any atom is 0.264 e. The molecule has 3 aromatic rings. The van der Waals surface area contributed by atoms with E-state index in [0.717, 1.165) is 5.69 Å². The predicted octanol–water partition coefficient (Wildman–Crippen LogP) is 2.02. The van der Waals surface area contributed by atoms with Gasteiger partial charge in [0.1, 0.15) is 6.07 Å². The van der Waals surface area contributed by atoms with Gasteiger partial charge in [0.25, 0.3) is 5.95 Å². The molecule has 0 unspecified atom stereocenters. The van der Waals surface area contributed by atoms with E-state index in [1.165, 1.54) is 4.68 Å². The fraction of sp³-hybridized carbons (Fsp3) is 0. The van der Waals surface area contributed by atoms with E-state index in [2.05, 4.69) is 20.6 Å². The average molecular weight is 331 g/mol. The minimum atomic E-state index is -0.494. The molecular weight excluding hydrogens is 318 g/mol. The molecule has 3 N–H and O–H groups in total. The van der Waals surface area contributed by atoms with Gasteiger partial charge >= 0.3 is 0 Å². The molecule has 0 saturated carbocycles. The molecule has 122 valence electrons. The van der Waals surface area contributed by atoms with E-state index in [0.29, 0.717) is 5.56 Å². The first kappa shape index (κ1) is 15.9. The zero-order valence-electron chi connectivity index (χ0n) is 13.0. The maximum absolute atomic E-state index is 12.2. The third-order valence-electron chi connectivity index (χ3n) is 3.26. The quantitative estimate of drug-likeness (QED) is 0.419. The molecule has 0 atom stereocenters. The summed E-state index contributed by atoms with van der Waals surface area (Å²) in [4.78, 5) is 16.2. The molecular formula is C17H13N7O.